The number of carbonyl (C=O) groups excluding carboxylic acids is 2. The largest absolute Gasteiger partial charge is 0.416 e. The molecule has 0 aromatic heterocycles. The van der Waals surface area contributed by atoms with Crippen molar-refractivity contribution < 1.29 is 40.7 Å². The molecule has 0 radical (unpaired) electrons. The van der Waals surface area contributed by atoms with E-state index in [4.69, 9.17) is 4.74 Å². The molecule has 0 saturated carbocycles. The highest BCUT2D eigenvalue weighted by Gasteiger charge is 2.46. The van der Waals surface area contributed by atoms with Crippen LogP contribution < -0.4 is 4.90 Å². The SMILES string of the molecule is O=C1C=CC2(C=C1)OCC(CCCc1cc(C(F)(F)F)cc(C(F)(F)F)c1)C(=O)N2c1ccccc1. The first-order valence-electron chi connectivity index (χ1n) is 11.1. The third kappa shape index (κ3) is 5.38. The van der Waals surface area contributed by atoms with Gasteiger partial charge in [-0.1, -0.05) is 18.2 Å². The van der Waals surface area contributed by atoms with Crippen LogP contribution in [-0.2, 0) is 33.1 Å². The van der Waals surface area contributed by atoms with Gasteiger partial charge in [0.1, 0.15) is 0 Å². The molecule has 4 rings (SSSR count). The van der Waals surface area contributed by atoms with Crippen LogP contribution in [0.5, 0.6) is 0 Å². The van der Waals surface area contributed by atoms with E-state index in [9.17, 15) is 35.9 Å². The number of benzene rings is 2. The van der Waals surface area contributed by atoms with Crippen LogP contribution in [0.3, 0.4) is 0 Å². The lowest BCUT2D eigenvalue weighted by Crippen LogP contribution is -2.59. The predicted octanol–water partition coefficient (Wildman–Crippen LogP) is 6.12. The molecule has 1 amide bonds. The summed E-state index contributed by atoms with van der Waals surface area (Å²) in [5, 5.41) is 0. The van der Waals surface area contributed by atoms with E-state index in [-0.39, 0.29) is 49.2 Å². The Bertz CT molecular complexity index is 1150. The van der Waals surface area contributed by atoms with Gasteiger partial charge in [0.05, 0.1) is 23.7 Å². The molecular formula is C26H21F6NO3. The summed E-state index contributed by atoms with van der Waals surface area (Å²) in [5.74, 6) is -1.26. The lowest BCUT2D eigenvalue weighted by molar-refractivity contribution is -0.143. The molecule has 0 N–H and O–H groups in total. The molecule has 2 aromatic carbocycles. The number of ether oxygens (including phenoxy) is 1. The second kappa shape index (κ2) is 9.57. The number of alkyl halides is 6. The first-order chi connectivity index (χ1) is 16.9. The number of hydrogen-bond acceptors (Lipinski definition) is 3. The molecule has 1 aliphatic heterocycles. The van der Waals surface area contributed by atoms with Gasteiger partial charge in [0.15, 0.2) is 11.5 Å². The van der Waals surface area contributed by atoms with Crippen LogP contribution in [0, 0.1) is 5.92 Å². The number of hydrogen-bond donors (Lipinski definition) is 0. The minimum absolute atomic E-state index is 0.0264. The summed E-state index contributed by atoms with van der Waals surface area (Å²) in [6.07, 6.45) is -4.01. The van der Waals surface area contributed by atoms with E-state index in [2.05, 4.69) is 0 Å². The van der Waals surface area contributed by atoms with Crippen molar-refractivity contribution in [2.75, 3.05) is 11.5 Å². The normalized spacial score (nSPS) is 19.8. The molecule has 2 aliphatic rings. The number of aryl methyl sites for hydroxylation is 1. The van der Waals surface area contributed by atoms with Gasteiger partial charge in [-0.05, 0) is 79.5 Å². The average Bonchev–Trinajstić information content (AvgIpc) is 2.82. The minimum atomic E-state index is -4.92. The molecule has 0 bridgehead atoms. The summed E-state index contributed by atoms with van der Waals surface area (Å²) in [7, 11) is 0. The van der Waals surface area contributed by atoms with Crippen LogP contribution >= 0.6 is 0 Å². The van der Waals surface area contributed by atoms with E-state index < -0.39 is 35.1 Å². The second-order valence-electron chi connectivity index (χ2n) is 8.64. The fourth-order valence-corrected chi connectivity index (χ4v) is 4.31. The quantitative estimate of drug-likeness (QED) is 0.457. The number of amides is 1. The molecule has 1 spiro atoms. The second-order valence-corrected chi connectivity index (χ2v) is 8.64. The highest BCUT2D eigenvalue weighted by Crippen LogP contribution is 2.38. The summed E-state index contributed by atoms with van der Waals surface area (Å²) < 4.78 is 84.8. The molecule has 2 aromatic rings. The van der Waals surface area contributed by atoms with Gasteiger partial charge in [-0.25, -0.2) is 0 Å². The molecule has 10 heteroatoms. The first-order valence-corrected chi connectivity index (χ1v) is 11.1. The van der Waals surface area contributed by atoms with Crippen LogP contribution in [0.1, 0.15) is 29.5 Å². The Kier molecular flexibility index (Phi) is 6.83. The standard InChI is InChI=1S/C26H21F6NO3/c27-25(28,29)19-13-17(14-20(15-19)26(30,31)32)5-4-6-18-16-36-24(11-9-22(34)10-12-24)33(23(18)35)21-7-2-1-3-8-21/h1-3,7-15,18H,4-6,16H2. The van der Waals surface area contributed by atoms with Crippen molar-refractivity contribution in [3.63, 3.8) is 0 Å². The van der Waals surface area contributed by atoms with E-state index in [0.717, 1.165) is 0 Å². The summed E-state index contributed by atoms with van der Waals surface area (Å²) in [4.78, 5) is 26.6. The number of rotatable bonds is 5. The van der Waals surface area contributed by atoms with Crippen molar-refractivity contribution in [2.24, 2.45) is 5.92 Å². The van der Waals surface area contributed by atoms with Gasteiger partial charge in [-0.3, -0.25) is 14.5 Å². The van der Waals surface area contributed by atoms with Gasteiger partial charge in [-0.2, -0.15) is 26.3 Å². The van der Waals surface area contributed by atoms with Gasteiger partial charge in [0.2, 0.25) is 5.91 Å². The van der Waals surface area contributed by atoms with E-state index in [0.29, 0.717) is 17.8 Å². The topological polar surface area (TPSA) is 46.6 Å². The zero-order valence-electron chi connectivity index (χ0n) is 18.8. The summed E-state index contributed by atoms with van der Waals surface area (Å²) in [6, 6.07) is 10.1. The molecule has 1 fully saturated rings. The van der Waals surface area contributed by atoms with Crippen LogP contribution in [-0.4, -0.2) is 24.0 Å². The number of carbonyl (C=O) groups is 2. The maximum Gasteiger partial charge on any atom is 0.416 e. The van der Waals surface area contributed by atoms with Crippen molar-refractivity contribution in [1.29, 1.82) is 0 Å². The number of nitrogens with zero attached hydrogens (tertiary/aromatic N) is 1. The van der Waals surface area contributed by atoms with Gasteiger partial charge < -0.3 is 4.74 Å². The van der Waals surface area contributed by atoms with Crippen molar-refractivity contribution in [2.45, 2.75) is 37.3 Å². The van der Waals surface area contributed by atoms with E-state index in [1.54, 1.807) is 30.3 Å². The molecule has 4 nitrogen and oxygen atoms in total. The lowest BCUT2D eigenvalue weighted by Gasteiger charge is -2.46. The van der Waals surface area contributed by atoms with Crippen LogP contribution in [0.25, 0.3) is 0 Å². The molecule has 1 aliphatic carbocycles. The number of para-hydroxylation sites is 1. The maximum absolute atomic E-state index is 13.5. The van der Waals surface area contributed by atoms with E-state index in [1.807, 2.05) is 0 Å². The Balaban J connectivity index is 1.52. The third-order valence-electron chi connectivity index (χ3n) is 6.09. The Hall–Kier alpha value is -3.40. The summed E-state index contributed by atoms with van der Waals surface area (Å²) in [5.41, 5.74) is -3.64. The van der Waals surface area contributed by atoms with Crippen LogP contribution in [0.2, 0.25) is 0 Å². The van der Waals surface area contributed by atoms with E-state index >= 15 is 0 Å². The fourth-order valence-electron chi connectivity index (χ4n) is 4.31. The van der Waals surface area contributed by atoms with Crippen molar-refractivity contribution in [1.82, 2.24) is 0 Å². The summed E-state index contributed by atoms with van der Waals surface area (Å²) in [6.45, 7) is -0.0264. The number of anilines is 1. The average molecular weight is 509 g/mol. The fraction of sp³-hybridized carbons (Fsp3) is 0.308. The van der Waals surface area contributed by atoms with Gasteiger partial charge in [-0.15, -0.1) is 0 Å². The maximum atomic E-state index is 13.5. The highest BCUT2D eigenvalue weighted by atomic mass is 19.4. The Morgan fingerprint density at radius 2 is 1.47 bits per heavy atom. The molecule has 1 saturated heterocycles. The molecular weight excluding hydrogens is 488 g/mol. The molecule has 36 heavy (non-hydrogen) atoms. The highest BCUT2D eigenvalue weighted by molar-refractivity contribution is 6.03. The first kappa shape index (κ1) is 25.7. The molecule has 190 valence electrons. The smallest absolute Gasteiger partial charge is 0.347 e. The Morgan fingerprint density at radius 1 is 0.889 bits per heavy atom. The lowest BCUT2D eigenvalue weighted by atomic mass is 9.92. The molecule has 1 heterocycles. The van der Waals surface area contributed by atoms with Crippen LogP contribution in [0.15, 0.2) is 72.8 Å². The Morgan fingerprint density at radius 3 is 2.03 bits per heavy atom. The number of ketones is 1. The minimum Gasteiger partial charge on any atom is -0.347 e. The Labute approximate surface area is 202 Å². The van der Waals surface area contributed by atoms with Crippen LogP contribution in [0.4, 0.5) is 32.0 Å². The number of halogens is 6. The third-order valence-corrected chi connectivity index (χ3v) is 6.09. The zero-order chi connectivity index (χ0) is 26.1. The zero-order valence-corrected chi connectivity index (χ0v) is 18.8. The number of allylic oxidation sites excluding steroid dienone is 2. The van der Waals surface area contributed by atoms with Crippen molar-refractivity contribution in [3.05, 3.63) is 89.5 Å². The van der Waals surface area contributed by atoms with Gasteiger partial charge >= 0.3 is 12.4 Å². The van der Waals surface area contributed by atoms with Gasteiger partial charge in [0, 0.05) is 5.69 Å². The van der Waals surface area contributed by atoms with E-state index in [1.165, 1.54) is 29.2 Å². The molecule has 1 unspecified atom stereocenters. The molecule has 1 atom stereocenters. The predicted molar refractivity (Wildman–Crippen MR) is 119 cm³/mol. The van der Waals surface area contributed by atoms with Crippen molar-refractivity contribution >= 4 is 17.4 Å². The summed E-state index contributed by atoms with van der Waals surface area (Å²) >= 11 is 0. The van der Waals surface area contributed by atoms with Crippen molar-refractivity contribution in [3.8, 4) is 0 Å². The monoisotopic (exact) mass is 509 g/mol. The van der Waals surface area contributed by atoms with Gasteiger partial charge in [0.25, 0.3) is 0 Å².